The highest BCUT2D eigenvalue weighted by Crippen LogP contribution is 2.29. The molecule has 0 saturated heterocycles. The molecular weight excluding hydrogens is 452 g/mol. The van der Waals surface area contributed by atoms with E-state index in [9.17, 15) is 13.2 Å². The minimum Gasteiger partial charge on any atom is -0.456 e. The third-order valence-electron chi connectivity index (χ3n) is 4.12. The van der Waals surface area contributed by atoms with E-state index in [0.29, 0.717) is 18.8 Å². The summed E-state index contributed by atoms with van der Waals surface area (Å²) in [6.07, 6.45) is 0. The molecule has 0 saturated carbocycles. The molecule has 1 aromatic carbocycles. The summed E-state index contributed by atoms with van der Waals surface area (Å²) < 4.78 is 32.1. The highest BCUT2D eigenvalue weighted by atomic mass is 35.5. The van der Waals surface area contributed by atoms with Crippen molar-refractivity contribution < 1.29 is 17.9 Å². The maximum absolute atomic E-state index is 12.8. The van der Waals surface area contributed by atoms with Crippen molar-refractivity contribution >= 4 is 50.3 Å². The van der Waals surface area contributed by atoms with Gasteiger partial charge in [0.1, 0.15) is 16.5 Å². The van der Waals surface area contributed by atoms with Gasteiger partial charge in [0, 0.05) is 18.5 Å². The Morgan fingerprint density at radius 1 is 1.21 bits per heavy atom. The van der Waals surface area contributed by atoms with Gasteiger partial charge in [-0.2, -0.15) is 4.31 Å². The zero-order chi connectivity index (χ0) is 21.0. The second-order valence-electron chi connectivity index (χ2n) is 5.93. The number of benzene rings is 1. The third-order valence-corrected chi connectivity index (χ3v) is 8.59. The molecule has 29 heavy (non-hydrogen) atoms. The summed E-state index contributed by atoms with van der Waals surface area (Å²) in [6.45, 7) is 4.10. The number of carbonyl (C=O) groups is 1. The quantitative estimate of drug-likeness (QED) is 0.437. The summed E-state index contributed by atoms with van der Waals surface area (Å²) in [5.41, 5.74) is 0.755. The van der Waals surface area contributed by atoms with Crippen LogP contribution in [0.5, 0.6) is 0 Å². The van der Waals surface area contributed by atoms with Gasteiger partial charge in [0.2, 0.25) is 10.0 Å². The van der Waals surface area contributed by atoms with Gasteiger partial charge in [-0.3, -0.25) is 0 Å². The fourth-order valence-corrected chi connectivity index (χ4v) is 6.22. The molecule has 0 N–H and O–H groups in total. The minimum atomic E-state index is -3.79. The lowest BCUT2D eigenvalue weighted by Crippen LogP contribution is -2.31. The second kappa shape index (κ2) is 9.36. The number of aromatic nitrogens is 1. The highest BCUT2D eigenvalue weighted by Gasteiger charge is 2.26. The second-order valence-corrected chi connectivity index (χ2v) is 10.1. The van der Waals surface area contributed by atoms with Crippen LogP contribution in [-0.2, 0) is 21.4 Å². The third kappa shape index (κ3) is 4.87. The van der Waals surface area contributed by atoms with Crippen LogP contribution in [-0.4, -0.2) is 36.8 Å². The smallest absolute Gasteiger partial charge is 0.338 e. The summed E-state index contributed by atoms with van der Waals surface area (Å²) in [6, 6.07) is 8.03. The Bertz CT molecular complexity index is 1090. The normalized spacial score (nSPS) is 11.7. The van der Waals surface area contributed by atoms with E-state index in [1.54, 1.807) is 25.2 Å². The average Bonchev–Trinajstić information content (AvgIpc) is 3.38. The summed E-state index contributed by atoms with van der Waals surface area (Å²) >= 11 is 9.17. The monoisotopic (exact) mass is 470 g/mol. The van der Waals surface area contributed by atoms with Crippen molar-refractivity contribution in [3.8, 4) is 9.88 Å². The zero-order valence-electron chi connectivity index (χ0n) is 15.8. The molecule has 154 valence electrons. The van der Waals surface area contributed by atoms with Crippen molar-refractivity contribution in [1.82, 2.24) is 9.29 Å². The summed E-state index contributed by atoms with van der Waals surface area (Å²) in [4.78, 5) is 17.9. The van der Waals surface area contributed by atoms with Gasteiger partial charge in [-0.05, 0) is 29.6 Å². The van der Waals surface area contributed by atoms with E-state index in [2.05, 4.69) is 4.98 Å². The molecule has 3 rings (SSSR count). The van der Waals surface area contributed by atoms with Crippen molar-refractivity contribution in [1.29, 1.82) is 0 Å². The van der Waals surface area contributed by atoms with E-state index >= 15 is 0 Å². The minimum absolute atomic E-state index is 0.00145. The van der Waals surface area contributed by atoms with Gasteiger partial charge in [0.15, 0.2) is 0 Å². The summed E-state index contributed by atoms with van der Waals surface area (Å²) in [7, 11) is -3.79. The Kier molecular flexibility index (Phi) is 7.07. The number of carbonyl (C=O) groups excluding carboxylic acids is 1. The van der Waals surface area contributed by atoms with Crippen molar-refractivity contribution in [2.24, 2.45) is 0 Å². The maximum Gasteiger partial charge on any atom is 0.338 e. The van der Waals surface area contributed by atoms with Gasteiger partial charge in [0.05, 0.1) is 21.2 Å². The molecule has 10 heteroatoms. The van der Waals surface area contributed by atoms with Crippen molar-refractivity contribution in [3.63, 3.8) is 0 Å². The number of ether oxygens (including phenoxy) is 1. The first-order valence-electron chi connectivity index (χ1n) is 8.82. The van der Waals surface area contributed by atoms with Crippen molar-refractivity contribution in [2.45, 2.75) is 25.3 Å². The fraction of sp³-hybridized carbons (Fsp3) is 0.263. The van der Waals surface area contributed by atoms with E-state index in [-0.39, 0.29) is 22.1 Å². The van der Waals surface area contributed by atoms with Gasteiger partial charge in [-0.25, -0.2) is 18.2 Å². The van der Waals surface area contributed by atoms with Crippen LogP contribution in [0.25, 0.3) is 9.88 Å². The number of esters is 1. The van der Waals surface area contributed by atoms with Gasteiger partial charge in [-0.15, -0.1) is 22.7 Å². The molecule has 0 amide bonds. The Morgan fingerprint density at radius 2 is 1.97 bits per heavy atom. The van der Waals surface area contributed by atoms with E-state index in [1.807, 2.05) is 22.9 Å². The fourth-order valence-electron chi connectivity index (χ4n) is 2.64. The predicted molar refractivity (Wildman–Crippen MR) is 116 cm³/mol. The molecule has 2 aromatic heterocycles. The van der Waals surface area contributed by atoms with Gasteiger partial charge in [-0.1, -0.05) is 31.5 Å². The molecule has 6 nitrogen and oxygen atoms in total. The number of thiophene rings is 1. The Morgan fingerprint density at radius 3 is 2.62 bits per heavy atom. The number of nitrogens with zero attached hydrogens (tertiary/aromatic N) is 2. The molecular formula is C19H19ClN2O4S3. The first-order valence-corrected chi connectivity index (χ1v) is 12.4. The zero-order valence-corrected chi connectivity index (χ0v) is 19.0. The number of sulfonamides is 1. The van der Waals surface area contributed by atoms with E-state index in [0.717, 1.165) is 9.88 Å². The van der Waals surface area contributed by atoms with Gasteiger partial charge in [0.25, 0.3) is 0 Å². The molecule has 0 atom stereocenters. The number of rotatable bonds is 8. The lowest BCUT2D eigenvalue weighted by atomic mass is 10.2. The molecule has 0 aliphatic rings. The Hall–Kier alpha value is -1.78. The standard InChI is InChI=1S/C19H19ClN2O4S3/c1-3-22(4-2)29(24,25)17-10-13(7-8-15(17)20)19(23)26-11-14-12-28-18(21-14)16-6-5-9-27-16/h5-10,12H,3-4,11H2,1-2H3. The first-order chi connectivity index (χ1) is 13.9. The Labute approximate surface area is 182 Å². The lowest BCUT2D eigenvalue weighted by Gasteiger charge is -2.19. The molecule has 2 heterocycles. The maximum atomic E-state index is 12.8. The van der Waals surface area contributed by atoms with E-state index in [1.165, 1.54) is 33.8 Å². The lowest BCUT2D eigenvalue weighted by molar-refractivity contribution is 0.0468. The molecule has 0 aliphatic carbocycles. The van der Waals surface area contributed by atoms with Crippen LogP contribution >= 0.6 is 34.3 Å². The van der Waals surface area contributed by atoms with Crippen molar-refractivity contribution in [3.05, 3.63) is 57.4 Å². The largest absolute Gasteiger partial charge is 0.456 e. The highest BCUT2D eigenvalue weighted by molar-refractivity contribution is 7.89. The molecule has 0 bridgehead atoms. The average molecular weight is 471 g/mol. The molecule has 0 aliphatic heterocycles. The van der Waals surface area contributed by atoms with E-state index < -0.39 is 16.0 Å². The summed E-state index contributed by atoms with van der Waals surface area (Å²) in [5.74, 6) is -0.636. The molecule has 0 unspecified atom stereocenters. The van der Waals surface area contributed by atoms with E-state index in [4.69, 9.17) is 16.3 Å². The van der Waals surface area contributed by atoms with Crippen LogP contribution in [0.4, 0.5) is 0 Å². The topological polar surface area (TPSA) is 76.6 Å². The molecule has 0 radical (unpaired) electrons. The first kappa shape index (κ1) is 21.9. The van der Waals surface area contributed by atoms with Crippen LogP contribution in [0.3, 0.4) is 0 Å². The van der Waals surface area contributed by atoms with Gasteiger partial charge < -0.3 is 4.74 Å². The van der Waals surface area contributed by atoms with Gasteiger partial charge >= 0.3 is 5.97 Å². The van der Waals surface area contributed by atoms with Crippen LogP contribution in [0, 0.1) is 0 Å². The number of halogens is 1. The van der Waals surface area contributed by atoms with Crippen molar-refractivity contribution in [2.75, 3.05) is 13.1 Å². The SMILES string of the molecule is CCN(CC)S(=O)(=O)c1cc(C(=O)OCc2csc(-c3cccs3)n2)ccc1Cl. The van der Waals surface area contributed by atoms with Crippen LogP contribution in [0.15, 0.2) is 46.0 Å². The Balaban J connectivity index is 1.75. The molecule has 0 fully saturated rings. The number of thiazole rings is 1. The summed E-state index contributed by atoms with van der Waals surface area (Å²) in [5, 5.41) is 4.74. The van der Waals surface area contributed by atoms with Crippen LogP contribution in [0.2, 0.25) is 5.02 Å². The molecule has 0 spiro atoms. The number of hydrogen-bond acceptors (Lipinski definition) is 7. The van der Waals surface area contributed by atoms with Crippen LogP contribution in [0.1, 0.15) is 29.9 Å². The number of hydrogen-bond donors (Lipinski definition) is 0. The molecule has 3 aromatic rings. The van der Waals surface area contributed by atoms with Crippen LogP contribution < -0.4 is 0 Å². The predicted octanol–water partition coefficient (Wildman–Crippen LogP) is 4.91.